The Morgan fingerprint density at radius 1 is 1.08 bits per heavy atom. The molecule has 0 saturated carbocycles. The van der Waals surface area contributed by atoms with Crippen LogP contribution >= 0.6 is 11.8 Å². The Kier molecular flexibility index (Phi) is 12.0. The maximum Gasteiger partial charge on any atom is 0.192 e. The topological polar surface area (TPSA) is 29.5 Å². The molecule has 0 atom stereocenters. The molecule has 0 spiro atoms. The molecule has 1 aromatic rings. The summed E-state index contributed by atoms with van der Waals surface area (Å²) in [6.07, 6.45) is 11.6. The lowest BCUT2D eigenvalue weighted by Gasteiger charge is -2.37. The first-order valence-electron chi connectivity index (χ1n) is 14.0. The highest BCUT2D eigenvalue weighted by molar-refractivity contribution is 8.03. The molecule has 0 fully saturated rings. The fourth-order valence-electron chi connectivity index (χ4n) is 4.41. The van der Waals surface area contributed by atoms with Crippen molar-refractivity contribution in [1.29, 1.82) is 0 Å². The Morgan fingerprint density at radius 3 is 2.32 bits per heavy atom. The lowest BCUT2D eigenvalue weighted by molar-refractivity contribution is -0.104. The molecule has 1 aliphatic carbocycles. The predicted octanol–water partition coefficient (Wildman–Crippen LogP) is 9.28. The Labute approximate surface area is 233 Å². The summed E-state index contributed by atoms with van der Waals surface area (Å²) in [7, 11) is -1.72. The van der Waals surface area contributed by atoms with Gasteiger partial charge in [-0.3, -0.25) is 4.79 Å². The Hall–Kier alpha value is -1.56. The zero-order valence-electron chi connectivity index (χ0n) is 24.9. The van der Waals surface area contributed by atoms with E-state index in [9.17, 15) is 4.79 Å². The monoisotopic (exact) mass is 541 g/mol. The van der Waals surface area contributed by atoms with Gasteiger partial charge in [-0.2, -0.15) is 0 Å². The van der Waals surface area contributed by atoms with Gasteiger partial charge >= 0.3 is 0 Å². The Morgan fingerprint density at radius 2 is 1.76 bits per heavy atom. The average molecular weight is 542 g/mol. The second-order valence-corrected chi connectivity index (χ2v) is 18.4. The van der Waals surface area contributed by atoms with Crippen LogP contribution in [0.2, 0.25) is 18.1 Å². The third-order valence-electron chi connectivity index (χ3n) is 7.68. The van der Waals surface area contributed by atoms with Crippen LogP contribution in [0, 0.1) is 5.41 Å². The summed E-state index contributed by atoms with van der Waals surface area (Å²) in [6.45, 7) is 23.2. The number of carbonyl (C=O) groups is 1. The van der Waals surface area contributed by atoms with Gasteiger partial charge in [0.15, 0.2) is 8.32 Å². The molecule has 0 unspecified atom stereocenters. The molecule has 1 aromatic carbocycles. The Bertz CT molecular complexity index is 967. The van der Waals surface area contributed by atoms with E-state index >= 15 is 0 Å². The number of aldehydes is 1. The zero-order chi connectivity index (χ0) is 27.7. The smallest absolute Gasteiger partial charge is 0.192 e. The fourth-order valence-corrected chi connectivity index (χ4v) is 6.73. The summed E-state index contributed by atoms with van der Waals surface area (Å²) in [5, 5.41) is 0.235. The normalized spacial score (nSPS) is 17.6. The molecule has 0 saturated heterocycles. The number of benzene rings is 1. The van der Waals surface area contributed by atoms with Gasteiger partial charge in [-0.1, -0.05) is 72.2 Å². The highest BCUT2D eigenvalue weighted by atomic mass is 32.2. The van der Waals surface area contributed by atoms with E-state index in [-0.39, 0.29) is 10.5 Å². The number of nitrogens with zero attached hydrogens (tertiary/aromatic N) is 1. The molecule has 1 aliphatic rings. The van der Waals surface area contributed by atoms with Crippen molar-refractivity contribution < 1.29 is 9.22 Å². The van der Waals surface area contributed by atoms with Crippen molar-refractivity contribution in [3.63, 3.8) is 0 Å². The maximum atomic E-state index is 11.4. The van der Waals surface area contributed by atoms with Crippen LogP contribution in [0.1, 0.15) is 79.7 Å². The number of anilines is 1. The van der Waals surface area contributed by atoms with Crippen molar-refractivity contribution >= 4 is 38.1 Å². The number of thioether (sulfide) groups is 1. The molecular formula is C32H51NO2SSi. The number of likely N-dealkylation sites (N-methyl/N-ethyl adjacent to an activating group) is 1. The summed E-state index contributed by atoms with van der Waals surface area (Å²) in [5.41, 5.74) is 5.14. The van der Waals surface area contributed by atoms with Gasteiger partial charge in [0.05, 0.1) is 6.61 Å². The molecule has 0 amide bonds. The van der Waals surface area contributed by atoms with E-state index in [1.165, 1.54) is 40.1 Å². The molecule has 0 radical (unpaired) electrons. The molecule has 37 heavy (non-hydrogen) atoms. The highest BCUT2D eigenvalue weighted by Gasteiger charge is 2.37. The molecule has 5 heteroatoms. The summed E-state index contributed by atoms with van der Waals surface area (Å²) < 4.78 is 6.42. The first kappa shape index (κ1) is 31.7. The van der Waals surface area contributed by atoms with Crippen LogP contribution in [0.3, 0.4) is 0 Å². The van der Waals surface area contributed by atoms with Crippen LogP contribution in [0.15, 0.2) is 52.5 Å². The molecular weight excluding hydrogens is 491 g/mol. The minimum Gasteiger partial charge on any atom is -0.415 e. The molecule has 0 heterocycles. The van der Waals surface area contributed by atoms with Crippen molar-refractivity contribution in [3.8, 4) is 0 Å². The molecule has 206 valence electrons. The highest BCUT2D eigenvalue weighted by Crippen LogP contribution is 2.46. The average Bonchev–Trinajstić information content (AvgIpc) is 2.81. The van der Waals surface area contributed by atoms with Crippen molar-refractivity contribution in [2.75, 3.05) is 30.3 Å². The van der Waals surface area contributed by atoms with E-state index in [0.717, 1.165) is 44.6 Å². The third-order valence-corrected chi connectivity index (χ3v) is 13.5. The van der Waals surface area contributed by atoms with Gasteiger partial charge in [0.1, 0.15) is 6.29 Å². The number of rotatable bonds is 13. The summed E-state index contributed by atoms with van der Waals surface area (Å²) in [4.78, 5) is 15.1. The molecule has 2 rings (SSSR count). The quantitative estimate of drug-likeness (QED) is 0.108. The van der Waals surface area contributed by atoms with Crippen LogP contribution in [-0.4, -0.2) is 40.1 Å². The second-order valence-electron chi connectivity index (χ2n) is 12.5. The van der Waals surface area contributed by atoms with Crippen LogP contribution in [-0.2, 0) is 9.22 Å². The van der Waals surface area contributed by atoms with Gasteiger partial charge in [0, 0.05) is 23.7 Å². The van der Waals surface area contributed by atoms with Crippen molar-refractivity contribution in [3.05, 3.63) is 58.0 Å². The van der Waals surface area contributed by atoms with E-state index < -0.39 is 8.32 Å². The van der Waals surface area contributed by atoms with Crippen molar-refractivity contribution in [2.45, 2.75) is 92.3 Å². The number of allylic oxidation sites excluding steroid dienone is 4. The van der Waals surface area contributed by atoms with Gasteiger partial charge < -0.3 is 9.33 Å². The second kappa shape index (κ2) is 14.0. The van der Waals surface area contributed by atoms with Crippen LogP contribution in [0.5, 0.6) is 0 Å². The molecule has 0 aromatic heterocycles. The first-order valence-corrected chi connectivity index (χ1v) is 17.9. The minimum absolute atomic E-state index is 0.154. The molecule has 0 bridgehead atoms. The maximum absolute atomic E-state index is 11.4. The van der Waals surface area contributed by atoms with Gasteiger partial charge in [0.2, 0.25) is 0 Å². The van der Waals surface area contributed by atoms with Crippen LogP contribution in [0.4, 0.5) is 5.69 Å². The molecule has 0 N–H and O–H groups in total. The lowest BCUT2D eigenvalue weighted by atomic mass is 9.75. The number of hydrogen-bond acceptors (Lipinski definition) is 4. The standard InChI is InChI=1S/C32H51NO2SSi/c1-10-12-23-36-30-27(24-32(6,7)25-28(30)19-21-34)16-13-26-14-17-29(18-15-26)33(11-2)20-22-35-37(8,9)31(3,4)5/h13-19,21H,10-12,20,22-25H2,1-9H3/b16-13+,28-19+. The van der Waals surface area contributed by atoms with Gasteiger partial charge in [-0.15, -0.1) is 11.8 Å². The van der Waals surface area contributed by atoms with Crippen LogP contribution < -0.4 is 4.90 Å². The first-order chi connectivity index (χ1) is 17.3. The van der Waals surface area contributed by atoms with Crippen molar-refractivity contribution in [2.24, 2.45) is 5.41 Å². The number of carbonyl (C=O) groups excluding carboxylic acids is 1. The minimum atomic E-state index is -1.72. The predicted molar refractivity (Wildman–Crippen MR) is 168 cm³/mol. The number of hydrogen-bond donors (Lipinski definition) is 0. The summed E-state index contributed by atoms with van der Waals surface area (Å²) in [5.74, 6) is 1.10. The summed E-state index contributed by atoms with van der Waals surface area (Å²) in [6, 6.07) is 8.88. The Balaban J connectivity index is 2.17. The molecule has 3 nitrogen and oxygen atoms in total. The van der Waals surface area contributed by atoms with Gasteiger partial charge in [0.25, 0.3) is 0 Å². The SMILES string of the molecule is CCCCSC1=C(/C=C/c2ccc(N(CC)CCO[Si](C)(C)C(C)(C)C)cc2)CC(C)(C)C/C1=C\C=O. The summed E-state index contributed by atoms with van der Waals surface area (Å²) >= 11 is 1.92. The third kappa shape index (κ3) is 9.60. The zero-order valence-corrected chi connectivity index (χ0v) is 26.8. The number of unbranched alkanes of at least 4 members (excludes halogenated alkanes) is 1. The van der Waals surface area contributed by atoms with Gasteiger partial charge in [-0.25, -0.2) is 0 Å². The van der Waals surface area contributed by atoms with Crippen LogP contribution in [0.25, 0.3) is 6.08 Å². The van der Waals surface area contributed by atoms with Crippen molar-refractivity contribution in [1.82, 2.24) is 0 Å². The largest absolute Gasteiger partial charge is 0.415 e. The lowest BCUT2D eigenvalue weighted by Crippen LogP contribution is -2.42. The fraction of sp³-hybridized carbons (Fsp3) is 0.594. The van der Waals surface area contributed by atoms with Gasteiger partial charge in [-0.05, 0) is 90.4 Å². The van der Waals surface area contributed by atoms with E-state index in [0.29, 0.717) is 0 Å². The van der Waals surface area contributed by atoms with E-state index in [2.05, 4.69) is 103 Å². The van der Waals surface area contributed by atoms with E-state index in [1.54, 1.807) is 6.08 Å². The molecule has 0 aliphatic heterocycles. The van der Waals surface area contributed by atoms with E-state index in [1.807, 2.05) is 11.8 Å². The van der Waals surface area contributed by atoms with E-state index in [4.69, 9.17) is 4.43 Å².